The van der Waals surface area contributed by atoms with E-state index < -0.39 is 5.41 Å². The molecule has 1 amide bonds. The Balaban J connectivity index is 0.00000225. The number of para-hydroxylation sites is 1. The molecule has 0 bridgehead atoms. The maximum Gasteiger partial charge on any atom is 0.229 e. The Labute approximate surface area is 154 Å². The average Bonchev–Trinajstić information content (AvgIpc) is 2.93. The number of aryl methyl sites for hydroxylation is 1. The molecule has 0 radical (unpaired) electrons. The molecule has 5 nitrogen and oxygen atoms in total. The number of halogens is 1. The van der Waals surface area contributed by atoms with Crippen LogP contribution in [0.5, 0.6) is 0 Å². The molecule has 2 aromatic rings. The Kier molecular flexibility index (Phi) is 6.49. The van der Waals surface area contributed by atoms with Crippen molar-refractivity contribution >= 4 is 29.3 Å². The van der Waals surface area contributed by atoms with Crippen molar-refractivity contribution in [2.45, 2.75) is 32.7 Å². The largest absolute Gasteiger partial charge is 0.459 e. The molecule has 2 heterocycles. The number of carbonyl (C=O) groups excluding carboxylic acids is 1. The third kappa shape index (κ3) is 3.84. The van der Waals surface area contributed by atoms with Gasteiger partial charge in [0.2, 0.25) is 5.91 Å². The summed E-state index contributed by atoms with van der Waals surface area (Å²) in [5.74, 6) is 0.879. The first-order chi connectivity index (χ1) is 11.6. The van der Waals surface area contributed by atoms with E-state index in [1.165, 1.54) is 0 Å². The molecule has 0 spiro atoms. The molecule has 1 aliphatic rings. The first kappa shape index (κ1) is 19.8. The molecule has 2 N–H and O–H groups in total. The summed E-state index contributed by atoms with van der Waals surface area (Å²) in [6.45, 7) is 6.15. The van der Waals surface area contributed by atoms with Crippen LogP contribution in [0.15, 0.2) is 28.7 Å². The number of hydrogen-bond donors (Lipinski definition) is 2. The topological polar surface area (TPSA) is 63.5 Å². The zero-order chi connectivity index (χ0) is 17.2. The normalized spacial score (nSPS) is 17.7. The molecular weight excluding hydrogens is 340 g/mol. The van der Waals surface area contributed by atoms with Crippen molar-refractivity contribution in [1.29, 1.82) is 0 Å². The highest BCUT2D eigenvalue weighted by Gasteiger charge is 2.40. The van der Waals surface area contributed by atoms with Crippen LogP contribution in [0, 0.1) is 12.3 Å². The minimum Gasteiger partial charge on any atom is -0.459 e. The Morgan fingerprint density at radius 2 is 2.04 bits per heavy atom. The third-order valence-electron chi connectivity index (χ3n) is 5.08. The van der Waals surface area contributed by atoms with Crippen molar-refractivity contribution in [2.75, 3.05) is 26.8 Å². The van der Waals surface area contributed by atoms with Crippen molar-refractivity contribution in [3.8, 4) is 0 Å². The van der Waals surface area contributed by atoms with Gasteiger partial charge < -0.3 is 19.8 Å². The number of amides is 1. The fourth-order valence-corrected chi connectivity index (χ4v) is 3.64. The minimum absolute atomic E-state index is 0. The lowest BCUT2D eigenvalue weighted by Crippen LogP contribution is -2.50. The van der Waals surface area contributed by atoms with Crippen LogP contribution in [-0.4, -0.2) is 32.7 Å². The molecule has 1 fully saturated rings. The van der Waals surface area contributed by atoms with Gasteiger partial charge >= 0.3 is 0 Å². The number of carbonyl (C=O) groups is 1. The SMILES string of the molecule is COCC1(C(=O)NC(C)c2oc3ccccc3c2C)CCNCC1.Cl. The van der Waals surface area contributed by atoms with Crippen molar-refractivity contribution in [3.63, 3.8) is 0 Å². The van der Waals surface area contributed by atoms with Crippen molar-refractivity contribution in [1.82, 2.24) is 10.6 Å². The number of methoxy groups -OCH3 is 1. The first-order valence-corrected chi connectivity index (χ1v) is 8.56. The van der Waals surface area contributed by atoms with Crippen LogP contribution in [0.25, 0.3) is 11.0 Å². The summed E-state index contributed by atoms with van der Waals surface area (Å²) in [6.07, 6.45) is 1.58. The van der Waals surface area contributed by atoms with Crippen LogP contribution in [-0.2, 0) is 9.53 Å². The Bertz CT molecular complexity index is 717. The molecule has 1 unspecified atom stereocenters. The summed E-state index contributed by atoms with van der Waals surface area (Å²) in [5.41, 5.74) is 1.50. The van der Waals surface area contributed by atoms with Crippen molar-refractivity contribution in [3.05, 3.63) is 35.6 Å². The number of fused-ring (bicyclic) bond motifs is 1. The van der Waals surface area contributed by atoms with Gasteiger partial charge in [0.25, 0.3) is 0 Å². The number of piperidine rings is 1. The van der Waals surface area contributed by atoms with Crippen LogP contribution >= 0.6 is 12.4 Å². The smallest absolute Gasteiger partial charge is 0.229 e. The van der Waals surface area contributed by atoms with Gasteiger partial charge in [0.05, 0.1) is 18.1 Å². The molecule has 0 saturated carbocycles. The van der Waals surface area contributed by atoms with Gasteiger partial charge in [0, 0.05) is 18.1 Å². The second kappa shape index (κ2) is 8.21. The average molecular weight is 367 g/mol. The highest BCUT2D eigenvalue weighted by molar-refractivity contribution is 5.85. The lowest BCUT2D eigenvalue weighted by Gasteiger charge is -2.36. The van der Waals surface area contributed by atoms with E-state index in [9.17, 15) is 4.79 Å². The molecule has 138 valence electrons. The first-order valence-electron chi connectivity index (χ1n) is 8.56. The molecule has 3 rings (SSSR count). The third-order valence-corrected chi connectivity index (χ3v) is 5.08. The summed E-state index contributed by atoms with van der Waals surface area (Å²) < 4.78 is 11.3. The molecule has 1 saturated heterocycles. The van der Waals surface area contributed by atoms with Crippen LogP contribution in [0.1, 0.15) is 37.1 Å². The lowest BCUT2D eigenvalue weighted by molar-refractivity contribution is -0.137. The molecule has 1 aromatic heterocycles. The van der Waals surface area contributed by atoms with Gasteiger partial charge in [0.15, 0.2) is 0 Å². The number of rotatable bonds is 5. The van der Waals surface area contributed by atoms with Crippen LogP contribution < -0.4 is 10.6 Å². The summed E-state index contributed by atoms with van der Waals surface area (Å²) in [4.78, 5) is 13.0. The molecule has 6 heteroatoms. The van der Waals surface area contributed by atoms with Gasteiger partial charge in [-0.1, -0.05) is 18.2 Å². The summed E-state index contributed by atoms with van der Waals surface area (Å²) in [5, 5.41) is 7.56. The monoisotopic (exact) mass is 366 g/mol. The zero-order valence-corrected chi connectivity index (χ0v) is 15.9. The van der Waals surface area contributed by atoms with Gasteiger partial charge in [-0.25, -0.2) is 0 Å². The molecule has 0 aliphatic carbocycles. The highest BCUT2D eigenvalue weighted by atomic mass is 35.5. The van der Waals surface area contributed by atoms with E-state index in [4.69, 9.17) is 9.15 Å². The quantitative estimate of drug-likeness (QED) is 0.851. The predicted octanol–water partition coefficient (Wildman–Crippen LogP) is 3.36. The number of hydrogen-bond acceptors (Lipinski definition) is 4. The lowest BCUT2D eigenvalue weighted by atomic mass is 9.78. The van der Waals surface area contributed by atoms with E-state index in [1.54, 1.807) is 7.11 Å². The highest BCUT2D eigenvalue weighted by Crippen LogP contribution is 2.33. The van der Waals surface area contributed by atoms with Crippen LogP contribution in [0.3, 0.4) is 0 Å². The van der Waals surface area contributed by atoms with Crippen LogP contribution in [0.2, 0.25) is 0 Å². The zero-order valence-electron chi connectivity index (χ0n) is 15.1. The Morgan fingerprint density at radius 1 is 1.36 bits per heavy atom. The van der Waals surface area contributed by atoms with Crippen molar-refractivity contribution < 1.29 is 13.9 Å². The molecule has 1 atom stereocenters. The molecule has 1 aromatic carbocycles. The van der Waals surface area contributed by atoms with E-state index in [-0.39, 0.29) is 24.4 Å². The number of ether oxygens (including phenoxy) is 1. The maximum atomic E-state index is 13.0. The van der Waals surface area contributed by atoms with E-state index in [2.05, 4.69) is 10.6 Å². The van der Waals surface area contributed by atoms with E-state index in [1.807, 2.05) is 38.1 Å². The Hall–Kier alpha value is -1.56. The fraction of sp³-hybridized carbons (Fsp3) is 0.526. The maximum absolute atomic E-state index is 13.0. The van der Waals surface area contributed by atoms with Gasteiger partial charge in [-0.3, -0.25) is 4.79 Å². The minimum atomic E-state index is -0.450. The number of nitrogens with one attached hydrogen (secondary N) is 2. The second-order valence-corrected chi connectivity index (χ2v) is 6.75. The predicted molar refractivity (Wildman–Crippen MR) is 101 cm³/mol. The van der Waals surface area contributed by atoms with Crippen molar-refractivity contribution in [2.24, 2.45) is 5.41 Å². The second-order valence-electron chi connectivity index (χ2n) is 6.75. The Morgan fingerprint density at radius 3 is 2.68 bits per heavy atom. The van der Waals surface area contributed by atoms with Gasteiger partial charge in [-0.15, -0.1) is 12.4 Å². The summed E-state index contributed by atoms with van der Waals surface area (Å²) in [7, 11) is 1.66. The number of benzene rings is 1. The standard InChI is InChI=1S/C19H26N2O3.ClH/c1-13-15-6-4-5-7-16(15)24-17(13)14(2)21-18(22)19(12-23-3)8-10-20-11-9-19;/h4-7,14,20H,8-12H2,1-3H3,(H,21,22);1H. The van der Waals surface area contributed by atoms with Crippen LogP contribution in [0.4, 0.5) is 0 Å². The van der Waals surface area contributed by atoms with Gasteiger partial charge in [0.1, 0.15) is 11.3 Å². The molecular formula is C19H27ClN2O3. The summed E-state index contributed by atoms with van der Waals surface area (Å²) >= 11 is 0. The molecule has 1 aliphatic heterocycles. The van der Waals surface area contributed by atoms with E-state index >= 15 is 0 Å². The van der Waals surface area contributed by atoms with Gasteiger partial charge in [-0.2, -0.15) is 0 Å². The van der Waals surface area contributed by atoms with Gasteiger partial charge in [-0.05, 0) is 45.8 Å². The van der Waals surface area contributed by atoms with E-state index in [0.717, 1.165) is 48.2 Å². The van der Waals surface area contributed by atoms with E-state index in [0.29, 0.717) is 6.61 Å². The summed E-state index contributed by atoms with van der Waals surface area (Å²) in [6, 6.07) is 7.79. The number of furan rings is 1. The fourth-order valence-electron chi connectivity index (χ4n) is 3.64. The molecule has 25 heavy (non-hydrogen) atoms.